The maximum absolute atomic E-state index is 9.13. The summed E-state index contributed by atoms with van der Waals surface area (Å²) in [5.74, 6) is 0.862. The van der Waals surface area contributed by atoms with Crippen molar-refractivity contribution in [1.82, 2.24) is 0 Å². The molecule has 1 unspecified atom stereocenters. The van der Waals surface area contributed by atoms with Gasteiger partial charge >= 0.3 is 5.50 Å². The summed E-state index contributed by atoms with van der Waals surface area (Å²) in [5.41, 5.74) is 3.04. The zero-order valence-electron chi connectivity index (χ0n) is 16.7. The lowest BCUT2D eigenvalue weighted by atomic mass is 10.2. The Labute approximate surface area is 180 Å². The molecule has 2 aromatic carbocycles. The second-order valence-corrected chi connectivity index (χ2v) is 7.45. The number of methoxy groups -OCH3 is 1. The van der Waals surface area contributed by atoms with Gasteiger partial charge in [0.1, 0.15) is 5.75 Å². The zero-order chi connectivity index (χ0) is 21.2. The van der Waals surface area contributed by atoms with Crippen LogP contribution in [0.25, 0.3) is 5.41 Å². The molecule has 0 amide bonds. The third-order valence-electron chi connectivity index (χ3n) is 4.41. The number of hydrogen-bond acceptors (Lipinski definition) is 7. The number of thiocarbonyl (C=S) groups is 1. The number of benzene rings is 2. The Morgan fingerprint density at radius 1 is 1.31 bits per heavy atom. The van der Waals surface area contributed by atoms with Gasteiger partial charge in [-0.2, -0.15) is 5.16 Å². The average molecular weight is 432 g/mol. The Hall–Kier alpha value is -2.45. The van der Waals surface area contributed by atoms with Gasteiger partial charge in [-0.15, -0.1) is 10.2 Å². The molecule has 154 valence electrons. The van der Waals surface area contributed by atoms with Crippen molar-refractivity contribution < 1.29 is 9.84 Å². The van der Waals surface area contributed by atoms with Crippen LogP contribution in [-0.4, -0.2) is 49.6 Å². The van der Waals surface area contributed by atoms with Crippen LogP contribution in [0.15, 0.2) is 57.6 Å². The molecule has 0 saturated carbocycles. The summed E-state index contributed by atoms with van der Waals surface area (Å²) in [6.45, 7) is 3.71. The Morgan fingerprint density at radius 2 is 2.00 bits per heavy atom. The van der Waals surface area contributed by atoms with Crippen molar-refractivity contribution in [3.05, 3.63) is 47.9 Å². The largest absolute Gasteiger partial charge is 0.753 e. The molecular formula is C20H25N5O2S2. The van der Waals surface area contributed by atoms with Gasteiger partial charge in [0.2, 0.25) is 0 Å². The highest BCUT2D eigenvalue weighted by Crippen LogP contribution is 2.36. The molecule has 1 atom stereocenters. The fraction of sp³-hybridized carbons (Fsp3) is 0.350. The van der Waals surface area contributed by atoms with Gasteiger partial charge in [-0.1, -0.05) is 12.2 Å². The molecular weight excluding hydrogens is 406 g/mol. The molecule has 0 aromatic heterocycles. The Balaban J connectivity index is 0.000000941. The molecule has 1 aliphatic rings. The number of ether oxygens (including phenoxy) is 1. The summed E-state index contributed by atoms with van der Waals surface area (Å²) in [4.78, 5) is 5.46. The summed E-state index contributed by atoms with van der Waals surface area (Å²) in [6, 6.07) is 14.0. The van der Waals surface area contributed by atoms with E-state index in [1.54, 1.807) is 7.11 Å². The Morgan fingerprint density at radius 3 is 2.59 bits per heavy atom. The van der Waals surface area contributed by atoms with Crippen LogP contribution >= 0.6 is 12.2 Å². The minimum atomic E-state index is -0.0293. The lowest BCUT2D eigenvalue weighted by Crippen LogP contribution is -2.25. The first-order valence-corrected chi connectivity index (χ1v) is 10.4. The fourth-order valence-electron chi connectivity index (χ4n) is 2.91. The molecule has 9 heteroatoms. The standard InChI is InChI=1S/C19H24N4O2S.CNS/c1-4-23(11-12-24)15-7-5-14(6-8-15)20-21-19-22(2)17-10-9-16(25-3)13-18(17)26-19;2-1-3/h5-10,13,19,24H,4,11-12H2,1-3H3;/q;-1/p+1. The molecule has 0 bridgehead atoms. The predicted octanol–water partition coefficient (Wildman–Crippen LogP) is 3.86. The van der Waals surface area contributed by atoms with Gasteiger partial charge in [-0.3, -0.25) is 0 Å². The maximum atomic E-state index is 9.13. The monoisotopic (exact) mass is 431 g/mol. The lowest BCUT2D eigenvalue weighted by Gasteiger charge is -2.21. The smallest absolute Gasteiger partial charge is 0.307 e. The number of isothiocyanates is 1. The van der Waals surface area contributed by atoms with Crippen molar-refractivity contribution in [1.29, 1.82) is 0 Å². The topological polar surface area (TPSA) is 83.0 Å². The summed E-state index contributed by atoms with van der Waals surface area (Å²) < 4.78 is 5.30. The summed E-state index contributed by atoms with van der Waals surface area (Å²) >= 11 is 4.80. The van der Waals surface area contributed by atoms with Crippen LogP contribution in [0.3, 0.4) is 0 Å². The molecule has 29 heavy (non-hydrogen) atoms. The number of azo groups is 1. The van der Waals surface area contributed by atoms with Crippen LogP contribution in [0.2, 0.25) is 0 Å². The van der Waals surface area contributed by atoms with Crippen molar-refractivity contribution in [2.75, 3.05) is 43.7 Å². The number of fused-ring (bicyclic) bond motifs is 1. The normalized spacial score (nSPS) is 14.8. The Kier molecular flexibility index (Phi) is 9.08. The van der Waals surface area contributed by atoms with Gasteiger partial charge in [0.15, 0.2) is 4.90 Å². The van der Waals surface area contributed by atoms with Gasteiger partial charge in [-0.25, -0.2) is 0 Å². The minimum absolute atomic E-state index is 0.0293. The fourth-order valence-corrected chi connectivity index (χ4v) is 4.13. The molecule has 0 spiro atoms. The van der Waals surface area contributed by atoms with E-state index in [2.05, 4.69) is 51.3 Å². The van der Waals surface area contributed by atoms with Gasteiger partial charge in [-0.05, 0) is 43.3 Å². The van der Waals surface area contributed by atoms with Crippen molar-refractivity contribution >= 4 is 46.2 Å². The second-order valence-electron chi connectivity index (χ2n) is 6.07. The quantitative estimate of drug-likeness (QED) is 0.237. The molecule has 7 nitrogen and oxygen atoms in total. The van der Waals surface area contributed by atoms with Crippen molar-refractivity contribution in [2.24, 2.45) is 10.2 Å². The maximum Gasteiger partial charge on any atom is 0.307 e. The highest BCUT2D eigenvalue weighted by atomic mass is 32.2. The van der Waals surface area contributed by atoms with E-state index in [4.69, 9.17) is 15.3 Å². The van der Waals surface area contributed by atoms with Crippen molar-refractivity contribution in [2.45, 2.75) is 17.3 Å². The number of aliphatic hydroxyl groups excluding tert-OH is 1. The summed E-state index contributed by atoms with van der Waals surface area (Å²) in [5, 5.41) is 26.5. The predicted molar refractivity (Wildman–Crippen MR) is 124 cm³/mol. The molecule has 1 N–H and O–H groups in total. The van der Waals surface area contributed by atoms with Crippen LogP contribution in [0.5, 0.6) is 5.75 Å². The third kappa shape index (κ3) is 6.01. The highest BCUT2D eigenvalue weighted by molar-refractivity contribution is 7.80. The number of anilines is 2. The van der Waals surface area contributed by atoms with Crippen LogP contribution < -0.4 is 14.5 Å². The van der Waals surface area contributed by atoms with E-state index in [9.17, 15) is 0 Å². The molecule has 1 aliphatic heterocycles. The highest BCUT2D eigenvalue weighted by Gasteiger charge is 2.35. The van der Waals surface area contributed by atoms with E-state index >= 15 is 0 Å². The molecule has 0 radical (unpaired) electrons. The van der Waals surface area contributed by atoms with Crippen molar-refractivity contribution in [3.63, 3.8) is 0 Å². The van der Waals surface area contributed by atoms with E-state index < -0.39 is 0 Å². The van der Waals surface area contributed by atoms with Crippen molar-refractivity contribution in [3.8, 4) is 5.75 Å². The number of rotatable bonds is 7. The lowest BCUT2D eigenvalue weighted by molar-refractivity contribution is 0.302. The first kappa shape index (κ1) is 22.8. The number of aliphatic hydroxyl groups is 1. The molecule has 3 rings (SSSR count). The molecule has 0 saturated heterocycles. The SMILES string of the molecule is CCN(CCO)c1ccc(N=NC2[SH+]c3cc(OC)ccc3N2C)cc1.[N-]=C=S. The molecule has 0 aliphatic carbocycles. The molecule has 0 fully saturated rings. The first-order chi connectivity index (χ1) is 14.1. The van der Waals surface area contributed by atoms with Crippen LogP contribution in [0.4, 0.5) is 17.1 Å². The number of likely N-dealkylation sites (N-methyl/N-ethyl adjacent to an activating group) is 1. The van der Waals surface area contributed by atoms with E-state index in [0.29, 0.717) is 6.54 Å². The minimum Gasteiger partial charge on any atom is -0.753 e. The first-order valence-electron chi connectivity index (χ1n) is 9.07. The van der Waals surface area contributed by atoms with E-state index in [-0.39, 0.29) is 12.1 Å². The zero-order valence-corrected chi connectivity index (χ0v) is 18.4. The van der Waals surface area contributed by atoms with Crippen LogP contribution in [-0.2, 0) is 11.8 Å². The average Bonchev–Trinajstić information content (AvgIpc) is 3.06. The second kappa shape index (κ2) is 11.5. The third-order valence-corrected chi connectivity index (χ3v) is 5.72. The van der Waals surface area contributed by atoms with E-state index in [0.717, 1.165) is 41.1 Å². The summed E-state index contributed by atoms with van der Waals surface area (Å²) in [7, 11) is 3.71. The van der Waals surface area contributed by atoms with Gasteiger partial charge in [0.05, 0.1) is 36.9 Å². The molecule has 1 heterocycles. The number of nitrogens with zero attached hydrogens (tertiary/aromatic N) is 5. The van der Waals surface area contributed by atoms with E-state index in [1.165, 1.54) is 10.1 Å². The van der Waals surface area contributed by atoms with E-state index in [1.807, 2.05) is 37.4 Å². The van der Waals surface area contributed by atoms with Gasteiger partial charge < -0.3 is 25.1 Å². The Bertz CT molecular complexity index is 854. The summed E-state index contributed by atoms with van der Waals surface area (Å²) in [6.07, 6.45) is 0. The number of thiol groups is 1. The number of hydrogen-bond donors (Lipinski definition) is 1. The van der Waals surface area contributed by atoms with Gasteiger partial charge in [0.25, 0.3) is 0 Å². The molecule has 2 aromatic rings. The van der Waals surface area contributed by atoms with Gasteiger partial charge in [0, 0.05) is 31.9 Å². The van der Waals surface area contributed by atoms with Crippen LogP contribution in [0.1, 0.15) is 6.92 Å². The van der Waals surface area contributed by atoms with Crippen LogP contribution in [0, 0.1) is 0 Å².